The highest BCUT2D eigenvalue weighted by Crippen LogP contribution is 2.32. The second kappa shape index (κ2) is 7.66. The molecule has 6 heteroatoms. The second-order valence-corrected chi connectivity index (χ2v) is 10.4. The predicted octanol–water partition coefficient (Wildman–Crippen LogP) is 5.66. The van der Waals surface area contributed by atoms with E-state index in [1.165, 1.54) is 53.7 Å². The lowest BCUT2D eigenvalue weighted by molar-refractivity contribution is -0.644. The van der Waals surface area contributed by atoms with Gasteiger partial charge in [-0.25, -0.2) is 0 Å². The zero-order valence-corrected chi connectivity index (χ0v) is 19.9. The van der Waals surface area contributed by atoms with Gasteiger partial charge in [0.15, 0.2) is 11.4 Å². The fourth-order valence-electron chi connectivity index (χ4n) is 3.57. The molecule has 0 aliphatic rings. The van der Waals surface area contributed by atoms with E-state index in [4.69, 9.17) is 0 Å². The normalized spacial score (nSPS) is 11.4. The summed E-state index contributed by atoms with van der Waals surface area (Å²) in [6.45, 7) is 13.5. The van der Waals surface area contributed by atoms with Gasteiger partial charge in [-0.3, -0.25) is 0 Å². The average molecular weight is 423 g/mol. The number of nitrogens with zero attached hydrogens (tertiary/aromatic N) is 2. The minimum Gasteiger partial charge on any atom is -0.142 e. The van der Waals surface area contributed by atoms with Gasteiger partial charge in [-0.1, -0.05) is 22.7 Å². The molecule has 26 heavy (non-hydrogen) atoms. The molecular formula is C20H26N2S4+2. The maximum atomic E-state index is 2.44. The van der Waals surface area contributed by atoms with Gasteiger partial charge in [0.1, 0.15) is 0 Å². The molecule has 138 valence electrons. The van der Waals surface area contributed by atoms with Crippen LogP contribution in [0.2, 0.25) is 0 Å². The summed E-state index contributed by atoms with van der Waals surface area (Å²) in [5.41, 5.74) is 10.8. The number of benzene rings is 1. The molecule has 0 N–H and O–H groups in total. The molecule has 0 atom stereocenters. The number of rotatable bonds is 4. The predicted molar refractivity (Wildman–Crippen MR) is 117 cm³/mol. The van der Waals surface area contributed by atoms with Crippen LogP contribution in [-0.4, -0.2) is 12.5 Å². The standard InChI is InChI=1S/C20H26N2S4/c1-11-9-25-19(23-7)21(11)17-14(4)13(3)15(5)18(16(17)6)22-12(2)10-26-20(22)24-8/h9-10H,1-8H3/q+2. The number of thioether (sulfide) groups is 2. The Hall–Kier alpha value is -0.820. The minimum atomic E-state index is 1.30. The van der Waals surface area contributed by atoms with Crippen molar-refractivity contribution >= 4 is 46.2 Å². The van der Waals surface area contributed by atoms with Gasteiger partial charge in [0, 0.05) is 25.0 Å². The van der Waals surface area contributed by atoms with Gasteiger partial charge >= 0.3 is 8.68 Å². The van der Waals surface area contributed by atoms with Crippen LogP contribution in [0.5, 0.6) is 0 Å². The van der Waals surface area contributed by atoms with Crippen LogP contribution < -0.4 is 9.13 Å². The van der Waals surface area contributed by atoms with Crippen molar-refractivity contribution in [2.24, 2.45) is 0 Å². The molecule has 0 fully saturated rings. The largest absolute Gasteiger partial charge is 0.303 e. The molecule has 0 saturated heterocycles. The van der Waals surface area contributed by atoms with Crippen molar-refractivity contribution in [3.63, 3.8) is 0 Å². The van der Waals surface area contributed by atoms with Crippen LogP contribution in [0.1, 0.15) is 33.6 Å². The van der Waals surface area contributed by atoms with E-state index >= 15 is 0 Å². The zero-order chi connectivity index (χ0) is 19.2. The summed E-state index contributed by atoms with van der Waals surface area (Å²) in [6.07, 6.45) is 4.33. The van der Waals surface area contributed by atoms with Gasteiger partial charge in [0.25, 0.3) is 0 Å². The maximum absolute atomic E-state index is 2.44. The van der Waals surface area contributed by atoms with Crippen LogP contribution >= 0.6 is 46.2 Å². The first-order chi connectivity index (χ1) is 12.3. The second-order valence-electron chi connectivity index (χ2n) is 6.56. The Morgan fingerprint density at radius 3 is 1.35 bits per heavy atom. The molecule has 3 aromatic rings. The van der Waals surface area contributed by atoms with Crippen molar-refractivity contribution < 1.29 is 9.13 Å². The number of hydrogen-bond donors (Lipinski definition) is 0. The molecule has 1 aromatic carbocycles. The molecule has 2 nitrogen and oxygen atoms in total. The molecule has 0 bridgehead atoms. The van der Waals surface area contributed by atoms with Gasteiger partial charge in [0.2, 0.25) is 11.4 Å². The third-order valence-corrected chi connectivity index (χ3v) is 9.40. The van der Waals surface area contributed by atoms with Crippen LogP contribution in [0.4, 0.5) is 0 Å². The number of aromatic nitrogens is 2. The van der Waals surface area contributed by atoms with Crippen molar-refractivity contribution in [2.45, 2.75) is 50.2 Å². The third-order valence-electron chi connectivity index (χ3n) is 5.07. The van der Waals surface area contributed by atoms with Crippen LogP contribution in [0.25, 0.3) is 11.4 Å². The fraction of sp³-hybridized carbons (Fsp3) is 0.400. The third kappa shape index (κ3) is 3.05. The SMILES string of the molecule is CSc1scc(C)[n+]1-c1c(C)c(C)c(C)c(-[n+]2c(C)csc2SC)c1C. The monoisotopic (exact) mass is 422 g/mol. The maximum Gasteiger partial charge on any atom is 0.303 e. The summed E-state index contributed by atoms with van der Waals surface area (Å²) >= 11 is 7.31. The van der Waals surface area contributed by atoms with E-state index in [-0.39, 0.29) is 0 Å². The molecule has 2 aromatic heterocycles. The summed E-state index contributed by atoms with van der Waals surface area (Å²) in [6, 6.07) is 0. The summed E-state index contributed by atoms with van der Waals surface area (Å²) in [5.74, 6) is 0. The van der Waals surface area contributed by atoms with Crippen LogP contribution in [0, 0.1) is 41.5 Å². The molecule has 0 aliphatic carbocycles. The van der Waals surface area contributed by atoms with Gasteiger partial charge < -0.3 is 0 Å². The van der Waals surface area contributed by atoms with Gasteiger partial charge in [-0.15, -0.1) is 9.13 Å². The van der Waals surface area contributed by atoms with Crippen molar-refractivity contribution in [1.29, 1.82) is 0 Å². The van der Waals surface area contributed by atoms with Gasteiger partial charge in [-0.05, 0) is 69.3 Å². The lowest BCUT2D eigenvalue weighted by Crippen LogP contribution is -2.41. The molecule has 0 aliphatic heterocycles. The van der Waals surface area contributed by atoms with Crippen LogP contribution in [-0.2, 0) is 0 Å². The smallest absolute Gasteiger partial charge is 0.142 e. The molecule has 0 radical (unpaired) electrons. The van der Waals surface area contributed by atoms with E-state index in [9.17, 15) is 0 Å². The fourth-order valence-corrected chi connectivity index (χ4v) is 6.90. The van der Waals surface area contributed by atoms with E-state index in [1.54, 1.807) is 0 Å². The Balaban J connectivity index is 2.44. The summed E-state index contributed by atoms with van der Waals surface area (Å²) in [7, 11) is 0. The highest BCUT2D eigenvalue weighted by Gasteiger charge is 2.33. The average Bonchev–Trinajstić information content (AvgIpc) is 3.17. The molecule has 0 saturated carbocycles. The summed E-state index contributed by atoms with van der Waals surface area (Å²) < 4.78 is 7.55. The van der Waals surface area contributed by atoms with Crippen LogP contribution in [0.3, 0.4) is 0 Å². The summed E-state index contributed by atoms with van der Waals surface area (Å²) in [5, 5.41) is 4.52. The van der Waals surface area contributed by atoms with Gasteiger partial charge in [-0.2, -0.15) is 0 Å². The molecule has 0 spiro atoms. The van der Waals surface area contributed by atoms with Crippen molar-refractivity contribution in [1.82, 2.24) is 0 Å². The quantitative estimate of drug-likeness (QED) is 0.396. The Bertz CT molecular complexity index is 907. The lowest BCUT2D eigenvalue weighted by atomic mass is 9.95. The van der Waals surface area contributed by atoms with Crippen molar-refractivity contribution in [2.75, 3.05) is 12.5 Å². The molecule has 0 unspecified atom stereocenters. The topological polar surface area (TPSA) is 7.76 Å². The highest BCUT2D eigenvalue weighted by atomic mass is 32.2. The molecule has 3 rings (SSSR count). The van der Waals surface area contributed by atoms with Crippen LogP contribution in [0.15, 0.2) is 19.4 Å². The van der Waals surface area contributed by atoms with E-state index < -0.39 is 0 Å². The number of aryl methyl sites for hydroxylation is 2. The van der Waals surface area contributed by atoms with E-state index in [2.05, 4.69) is 73.9 Å². The molecular weight excluding hydrogens is 397 g/mol. The zero-order valence-electron chi connectivity index (χ0n) is 16.7. The minimum absolute atomic E-state index is 1.30. The Morgan fingerprint density at radius 2 is 1.00 bits per heavy atom. The van der Waals surface area contributed by atoms with Crippen molar-refractivity contribution in [3.05, 3.63) is 44.4 Å². The highest BCUT2D eigenvalue weighted by molar-refractivity contribution is 8.00. The Labute approximate surface area is 173 Å². The number of hydrogen-bond acceptors (Lipinski definition) is 4. The van der Waals surface area contributed by atoms with E-state index in [0.717, 1.165) is 0 Å². The first kappa shape index (κ1) is 19.9. The number of thiazole rings is 2. The Kier molecular flexibility index (Phi) is 5.87. The lowest BCUT2D eigenvalue weighted by Gasteiger charge is -2.14. The first-order valence-corrected chi connectivity index (χ1v) is 12.7. The first-order valence-electron chi connectivity index (χ1n) is 8.52. The molecule has 0 amide bonds. The Morgan fingerprint density at radius 1 is 0.615 bits per heavy atom. The van der Waals surface area contributed by atoms with Crippen molar-refractivity contribution in [3.8, 4) is 11.4 Å². The summed E-state index contributed by atoms with van der Waals surface area (Å²) in [4.78, 5) is 0. The molecule has 2 heterocycles. The van der Waals surface area contributed by atoms with Gasteiger partial charge in [0.05, 0.1) is 16.3 Å². The van der Waals surface area contributed by atoms with E-state index in [0.29, 0.717) is 0 Å². The van der Waals surface area contributed by atoms with E-state index in [1.807, 2.05) is 46.2 Å².